The summed E-state index contributed by atoms with van der Waals surface area (Å²) in [6.45, 7) is 3.90. The molecule has 2 amide bonds. The predicted molar refractivity (Wildman–Crippen MR) is 149 cm³/mol. The van der Waals surface area contributed by atoms with E-state index < -0.39 is 17.8 Å². The van der Waals surface area contributed by atoms with E-state index in [2.05, 4.69) is 0 Å². The van der Waals surface area contributed by atoms with Gasteiger partial charge in [-0.15, -0.1) is 0 Å². The molecule has 0 unspecified atom stereocenters. The zero-order chi connectivity index (χ0) is 28.7. The Morgan fingerprint density at radius 1 is 0.927 bits per heavy atom. The molecular weight excluding hydrogens is 531 g/mol. The van der Waals surface area contributed by atoms with E-state index in [9.17, 15) is 22.8 Å². The average molecular weight is 562 g/mol. The molecule has 212 valence electrons. The lowest BCUT2D eigenvalue weighted by molar-refractivity contribution is -0.144. The van der Waals surface area contributed by atoms with E-state index in [0.29, 0.717) is 38.4 Å². The Kier molecular flexibility index (Phi) is 6.93. The number of nitrogens with zero attached hydrogens (tertiary/aromatic N) is 5. The Morgan fingerprint density at radius 3 is 2.37 bits per heavy atom. The highest BCUT2D eigenvalue weighted by Crippen LogP contribution is 2.38. The number of para-hydroxylation sites is 2. The lowest BCUT2D eigenvalue weighted by atomic mass is 10.0. The van der Waals surface area contributed by atoms with Gasteiger partial charge in [-0.1, -0.05) is 48.5 Å². The largest absolute Gasteiger partial charge is 0.416 e. The third-order valence-corrected chi connectivity index (χ3v) is 8.08. The number of imidazole rings is 1. The Labute approximate surface area is 235 Å². The maximum absolute atomic E-state index is 14.0. The van der Waals surface area contributed by atoms with Crippen LogP contribution in [0.25, 0.3) is 11.0 Å². The maximum atomic E-state index is 14.0. The lowest BCUT2D eigenvalue weighted by Crippen LogP contribution is -2.51. The summed E-state index contributed by atoms with van der Waals surface area (Å²) in [7, 11) is 0. The number of hydrogen-bond donors (Lipinski definition) is 0. The van der Waals surface area contributed by atoms with Crippen molar-refractivity contribution in [3.05, 3.63) is 95.8 Å². The third-order valence-electron chi connectivity index (χ3n) is 8.08. The number of carbonyl (C=O) groups excluding carboxylic acids is 2. The topological polar surface area (TPSA) is 61.7 Å². The molecule has 1 fully saturated rings. The second kappa shape index (κ2) is 10.6. The second-order valence-electron chi connectivity index (χ2n) is 10.6. The van der Waals surface area contributed by atoms with Crippen LogP contribution in [0.2, 0.25) is 0 Å². The minimum absolute atomic E-state index is 0.0201. The first-order chi connectivity index (χ1) is 19.7. The molecule has 41 heavy (non-hydrogen) atoms. The second-order valence-corrected chi connectivity index (χ2v) is 10.6. The van der Waals surface area contributed by atoms with E-state index in [1.807, 2.05) is 71.0 Å². The van der Waals surface area contributed by atoms with Gasteiger partial charge in [0.2, 0.25) is 11.8 Å². The summed E-state index contributed by atoms with van der Waals surface area (Å²) in [6, 6.07) is 21.6. The SMILES string of the molecule is C[C@@H]1c2nc3ccccc3n2[C@H](CC(=O)N2CCN(c3cccc(C(F)(F)F)c3)CC2)C(=O)N1Cc1ccccc1. The van der Waals surface area contributed by atoms with Gasteiger partial charge in [0, 0.05) is 38.4 Å². The lowest BCUT2D eigenvalue weighted by Gasteiger charge is -2.40. The number of halogens is 3. The van der Waals surface area contributed by atoms with Crippen LogP contribution in [0, 0.1) is 0 Å². The summed E-state index contributed by atoms with van der Waals surface area (Å²) < 4.78 is 41.5. The van der Waals surface area contributed by atoms with Crippen LogP contribution in [0.5, 0.6) is 0 Å². The van der Waals surface area contributed by atoms with Crippen LogP contribution >= 0.6 is 0 Å². The zero-order valence-electron chi connectivity index (χ0n) is 22.6. The number of aromatic nitrogens is 2. The van der Waals surface area contributed by atoms with Gasteiger partial charge in [0.1, 0.15) is 11.9 Å². The number of anilines is 1. The van der Waals surface area contributed by atoms with Crippen LogP contribution in [-0.4, -0.2) is 57.3 Å². The summed E-state index contributed by atoms with van der Waals surface area (Å²) in [4.78, 5) is 37.8. The monoisotopic (exact) mass is 561 g/mol. The molecular formula is C31H30F3N5O2. The molecule has 2 aliphatic heterocycles. The number of fused-ring (bicyclic) bond motifs is 3. The minimum Gasteiger partial charge on any atom is -0.368 e. The average Bonchev–Trinajstić information content (AvgIpc) is 3.37. The standard InChI is InChI=1S/C31H30F3N5O2/c1-21-29-35-25-12-5-6-13-26(25)39(29)27(30(41)38(21)20-22-8-3-2-4-9-22)19-28(40)37-16-14-36(15-17-37)24-11-7-10-23(18-24)31(32,33)34/h2-13,18,21,27H,14-17,19-20H2,1H3/t21-,27-/m1/s1. The molecule has 0 N–H and O–H groups in total. The van der Waals surface area contributed by atoms with Crippen LogP contribution < -0.4 is 4.90 Å². The fourth-order valence-corrected chi connectivity index (χ4v) is 5.88. The van der Waals surface area contributed by atoms with Crippen molar-refractivity contribution < 1.29 is 22.8 Å². The van der Waals surface area contributed by atoms with Crippen molar-refractivity contribution >= 4 is 28.5 Å². The van der Waals surface area contributed by atoms with Crippen LogP contribution in [0.4, 0.5) is 18.9 Å². The van der Waals surface area contributed by atoms with E-state index in [1.54, 1.807) is 15.9 Å². The van der Waals surface area contributed by atoms with Crippen molar-refractivity contribution in [2.45, 2.75) is 38.1 Å². The molecule has 6 rings (SSSR count). The van der Waals surface area contributed by atoms with E-state index in [4.69, 9.17) is 4.98 Å². The molecule has 3 heterocycles. The molecule has 2 atom stereocenters. The molecule has 3 aromatic carbocycles. The number of rotatable bonds is 5. The normalized spacial score (nSPS) is 19.5. The molecule has 2 aliphatic rings. The molecule has 1 saturated heterocycles. The molecule has 0 bridgehead atoms. The van der Waals surface area contributed by atoms with Gasteiger partial charge in [-0.05, 0) is 42.8 Å². The van der Waals surface area contributed by atoms with E-state index >= 15 is 0 Å². The molecule has 0 radical (unpaired) electrons. The number of benzene rings is 3. The first-order valence-corrected chi connectivity index (χ1v) is 13.7. The zero-order valence-corrected chi connectivity index (χ0v) is 22.6. The number of piperazine rings is 1. The molecule has 0 aliphatic carbocycles. The first-order valence-electron chi connectivity index (χ1n) is 13.7. The molecule has 4 aromatic rings. The third kappa shape index (κ3) is 5.14. The van der Waals surface area contributed by atoms with Gasteiger partial charge in [0.15, 0.2) is 0 Å². The number of amides is 2. The summed E-state index contributed by atoms with van der Waals surface area (Å²) in [5, 5.41) is 0. The van der Waals surface area contributed by atoms with Crippen LogP contribution in [-0.2, 0) is 22.3 Å². The number of carbonyl (C=O) groups is 2. The Balaban J connectivity index is 1.22. The number of hydrogen-bond acceptors (Lipinski definition) is 4. The summed E-state index contributed by atoms with van der Waals surface area (Å²) >= 11 is 0. The van der Waals surface area contributed by atoms with Crippen molar-refractivity contribution in [2.75, 3.05) is 31.1 Å². The minimum atomic E-state index is -4.41. The quantitative estimate of drug-likeness (QED) is 0.326. The van der Waals surface area contributed by atoms with Crippen molar-refractivity contribution in [3.8, 4) is 0 Å². The fraction of sp³-hybridized carbons (Fsp3) is 0.323. The van der Waals surface area contributed by atoms with Gasteiger partial charge < -0.3 is 19.3 Å². The van der Waals surface area contributed by atoms with E-state index in [0.717, 1.165) is 34.6 Å². The first kappa shape index (κ1) is 26.9. The summed E-state index contributed by atoms with van der Waals surface area (Å²) in [6.07, 6.45) is -4.43. The highest BCUT2D eigenvalue weighted by molar-refractivity contribution is 5.91. The van der Waals surface area contributed by atoms with Crippen LogP contribution in [0.15, 0.2) is 78.9 Å². The molecule has 1 aromatic heterocycles. The Bertz CT molecular complexity index is 1580. The van der Waals surface area contributed by atoms with Gasteiger partial charge in [0.05, 0.1) is 29.1 Å². The molecule has 0 saturated carbocycles. The summed E-state index contributed by atoms with van der Waals surface area (Å²) in [5.74, 6) is 0.451. The predicted octanol–water partition coefficient (Wildman–Crippen LogP) is 5.44. The molecule has 0 spiro atoms. The maximum Gasteiger partial charge on any atom is 0.416 e. The Morgan fingerprint density at radius 2 is 1.63 bits per heavy atom. The smallest absolute Gasteiger partial charge is 0.368 e. The highest BCUT2D eigenvalue weighted by atomic mass is 19.4. The van der Waals surface area contributed by atoms with Crippen molar-refractivity contribution in [1.29, 1.82) is 0 Å². The van der Waals surface area contributed by atoms with E-state index in [-0.39, 0.29) is 24.3 Å². The van der Waals surface area contributed by atoms with Gasteiger partial charge in [-0.2, -0.15) is 13.2 Å². The van der Waals surface area contributed by atoms with E-state index in [1.165, 1.54) is 6.07 Å². The van der Waals surface area contributed by atoms with Gasteiger partial charge in [0.25, 0.3) is 0 Å². The number of alkyl halides is 3. The van der Waals surface area contributed by atoms with Gasteiger partial charge in [-0.25, -0.2) is 4.98 Å². The van der Waals surface area contributed by atoms with Crippen molar-refractivity contribution in [1.82, 2.24) is 19.4 Å². The van der Waals surface area contributed by atoms with Gasteiger partial charge in [-0.3, -0.25) is 9.59 Å². The fourth-order valence-electron chi connectivity index (χ4n) is 5.88. The van der Waals surface area contributed by atoms with Crippen molar-refractivity contribution in [3.63, 3.8) is 0 Å². The van der Waals surface area contributed by atoms with Crippen LogP contribution in [0.1, 0.15) is 42.4 Å². The van der Waals surface area contributed by atoms with Crippen molar-refractivity contribution in [2.24, 2.45) is 0 Å². The molecule has 7 nitrogen and oxygen atoms in total. The molecule has 10 heteroatoms. The van der Waals surface area contributed by atoms with Gasteiger partial charge >= 0.3 is 6.18 Å². The van der Waals surface area contributed by atoms with Crippen LogP contribution in [0.3, 0.4) is 0 Å². The Hall–Kier alpha value is -4.34. The highest BCUT2D eigenvalue weighted by Gasteiger charge is 2.41. The summed E-state index contributed by atoms with van der Waals surface area (Å²) in [5.41, 5.74) is 2.37.